The summed E-state index contributed by atoms with van der Waals surface area (Å²) in [5, 5.41) is 7.40. The van der Waals surface area contributed by atoms with Crippen LogP contribution in [-0.4, -0.2) is 13.7 Å². The van der Waals surface area contributed by atoms with Crippen molar-refractivity contribution in [3.05, 3.63) is 200 Å². The number of nitrogens with zero attached hydrogens (tertiary/aromatic N) is 3. The van der Waals surface area contributed by atoms with E-state index in [1.54, 1.807) is 0 Å². The largest absolute Gasteiger partial charge is 0.453 e. The molecule has 0 spiro atoms. The second-order valence-electron chi connectivity index (χ2n) is 15.3. The summed E-state index contributed by atoms with van der Waals surface area (Å²) in [4.78, 5) is 0. The molecule has 4 heterocycles. The Hall–Kier alpha value is -7.82. The van der Waals surface area contributed by atoms with Crippen LogP contribution in [0.25, 0.3) is 105 Å². The molecule has 1 aliphatic heterocycles. The molecule has 0 unspecified atom stereocenters. The number of ether oxygens (including phenoxy) is 1. The predicted molar refractivity (Wildman–Crippen MR) is 240 cm³/mol. The Bertz CT molecular complexity index is 3590. The minimum Gasteiger partial charge on any atom is -0.453 e. The molecule has 0 amide bonds. The number of aromatic nitrogens is 3. The van der Waals surface area contributed by atoms with Crippen molar-refractivity contribution in [3.8, 4) is 50.8 Å². The van der Waals surface area contributed by atoms with Gasteiger partial charge < -0.3 is 18.4 Å². The molecule has 3 aromatic heterocycles. The lowest BCUT2D eigenvalue weighted by molar-refractivity contribution is 0.476. The molecule has 0 bridgehead atoms. The first kappa shape index (κ1) is 31.4. The molecule has 270 valence electrons. The topological polar surface area (TPSA) is 24.0 Å². The van der Waals surface area contributed by atoms with Gasteiger partial charge in [0.05, 0.1) is 38.8 Å². The van der Waals surface area contributed by atoms with Crippen molar-refractivity contribution in [2.75, 3.05) is 0 Å². The van der Waals surface area contributed by atoms with Crippen LogP contribution >= 0.6 is 0 Å². The Morgan fingerprint density at radius 1 is 0.310 bits per heavy atom. The average Bonchev–Trinajstić information content (AvgIpc) is 3.93. The van der Waals surface area contributed by atoms with Gasteiger partial charge in [0.2, 0.25) is 0 Å². The van der Waals surface area contributed by atoms with E-state index in [0.717, 1.165) is 34.1 Å². The van der Waals surface area contributed by atoms with Crippen molar-refractivity contribution >= 4 is 65.4 Å². The molecular weight excluding hydrogens is 707 g/mol. The molecule has 4 nitrogen and oxygen atoms in total. The van der Waals surface area contributed by atoms with Crippen molar-refractivity contribution in [1.29, 1.82) is 0 Å². The van der Waals surface area contributed by atoms with E-state index in [-0.39, 0.29) is 0 Å². The van der Waals surface area contributed by atoms with Crippen LogP contribution in [-0.2, 0) is 0 Å². The lowest BCUT2D eigenvalue weighted by Crippen LogP contribution is -2.03. The third kappa shape index (κ3) is 4.34. The number of fused-ring (bicyclic) bond motifs is 11. The molecule has 0 fully saturated rings. The Morgan fingerprint density at radius 2 is 0.879 bits per heavy atom. The summed E-state index contributed by atoms with van der Waals surface area (Å²) in [6.07, 6.45) is 0. The normalized spacial score (nSPS) is 12.3. The lowest BCUT2D eigenvalue weighted by Gasteiger charge is -2.20. The maximum atomic E-state index is 6.43. The van der Waals surface area contributed by atoms with Crippen molar-refractivity contribution < 1.29 is 4.74 Å². The van der Waals surface area contributed by atoms with Crippen LogP contribution in [0.5, 0.6) is 11.5 Å². The van der Waals surface area contributed by atoms with Gasteiger partial charge in [-0.1, -0.05) is 121 Å². The molecule has 0 radical (unpaired) electrons. The maximum Gasteiger partial charge on any atom is 0.152 e. The highest BCUT2D eigenvalue weighted by Crippen LogP contribution is 2.47. The third-order valence-electron chi connectivity index (χ3n) is 12.2. The van der Waals surface area contributed by atoms with Crippen molar-refractivity contribution in [1.82, 2.24) is 13.7 Å². The summed E-state index contributed by atoms with van der Waals surface area (Å²) in [6.45, 7) is 0. The molecule has 12 aromatic rings. The average molecular weight is 740 g/mol. The molecule has 0 saturated carbocycles. The SMILES string of the molecule is c1ccc(-c2ccc3c(c2)c2cc(-n4c5ccccc5c5ccccc54)ccc2n3-c2ccc(-c3cccc4c3c3cccc5c3n4-c3ccccc3O5)cc2)cc1. The number of hydrogen-bond acceptors (Lipinski definition) is 1. The predicted octanol–water partition coefficient (Wildman–Crippen LogP) is 14.4. The van der Waals surface area contributed by atoms with Gasteiger partial charge in [-0.2, -0.15) is 0 Å². The van der Waals surface area contributed by atoms with E-state index in [9.17, 15) is 0 Å². The summed E-state index contributed by atoms with van der Waals surface area (Å²) < 4.78 is 13.6. The van der Waals surface area contributed by atoms with E-state index in [1.165, 1.54) is 82.2 Å². The van der Waals surface area contributed by atoms with Gasteiger partial charge >= 0.3 is 0 Å². The van der Waals surface area contributed by atoms with Crippen LogP contribution in [0.3, 0.4) is 0 Å². The van der Waals surface area contributed by atoms with E-state index >= 15 is 0 Å². The van der Waals surface area contributed by atoms with Gasteiger partial charge in [-0.25, -0.2) is 0 Å². The highest BCUT2D eigenvalue weighted by atomic mass is 16.5. The van der Waals surface area contributed by atoms with Gasteiger partial charge in [0.15, 0.2) is 11.5 Å². The zero-order chi connectivity index (χ0) is 37.9. The van der Waals surface area contributed by atoms with Gasteiger partial charge in [0, 0.05) is 43.7 Å². The molecular formula is C54H33N3O. The second kappa shape index (κ2) is 11.8. The summed E-state index contributed by atoms with van der Waals surface area (Å²) in [6, 6.07) is 72.5. The Kier molecular flexibility index (Phi) is 6.41. The quantitative estimate of drug-likeness (QED) is 0.176. The standard InChI is InChI=1S/C54H33N3O/c1-2-12-34(13-3-1)36-26-30-47-43(32-36)44-33-38(56-45-18-6-4-14-40(45)41-15-5-7-19-46(41)56)29-31-48(44)55(47)37-27-24-35(25-28-37)39-16-10-21-50-53(39)42-17-11-23-52-54(42)57(50)49-20-8-9-22-51(49)58-52/h1-33H. The van der Waals surface area contributed by atoms with Crippen LogP contribution in [0.4, 0.5) is 0 Å². The van der Waals surface area contributed by atoms with Crippen molar-refractivity contribution in [3.63, 3.8) is 0 Å². The monoisotopic (exact) mass is 739 g/mol. The van der Waals surface area contributed by atoms with Gasteiger partial charge in [-0.15, -0.1) is 0 Å². The van der Waals surface area contributed by atoms with E-state index in [2.05, 4.69) is 202 Å². The number of hydrogen-bond donors (Lipinski definition) is 0. The Morgan fingerprint density at radius 3 is 1.69 bits per heavy atom. The number of para-hydroxylation sites is 5. The molecule has 0 atom stereocenters. The first-order valence-electron chi connectivity index (χ1n) is 19.8. The highest BCUT2D eigenvalue weighted by molar-refractivity contribution is 6.18. The minimum absolute atomic E-state index is 0.874. The minimum atomic E-state index is 0.874. The molecule has 0 N–H and O–H groups in total. The fourth-order valence-corrected chi connectivity index (χ4v) is 9.73. The fourth-order valence-electron chi connectivity index (χ4n) is 9.73. The molecule has 0 saturated heterocycles. The molecule has 58 heavy (non-hydrogen) atoms. The first-order valence-corrected chi connectivity index (χ1v) is 19.8. The Balaban J connectivity index is 1.01. The second-order valence-corrected chi connectivity index (χ2v) is 15.3. The van der Waals surface area contributed by atoms with Gasteiger partial charge in [0.25, 0.3) is 0 Å². The zero-order valence-corrected chi connectivity index (χ0v) is 31.3. The summed E-state index contributed by atoms with van der Waals surface area (Å²) in [5.74, 6) is 1.76. The van der Waals surface area contributed by atoms with Crippen molar-refractivity contribution in [2.24, 2.45) is 0 Å². The van der Waals surface area contributed by atoms with E-state index in [1.807, 2.05) is 12.1 Å². The van der Waals surface area contributed by atoms with Crippen LogP contribution in [0.1, 0.15) is 0 Å². The van der Waals surface area contributed by atoms with E-state index in [4.69, 9.17) is 4.74 Å². The zero-order valence-electron chi connectivity index (χ0n) is 31.3. The van der Waals surface area contributed by atoms with E-state index in [0.29, 0.717) is 0 Å². The molecule has 0 aliphatic carbocycles. The van der Waals surface area contributed by atoms with Crippen LogP contribution in [0.2, 0.25) is 0 Å². The van der Waals surface area contributed by atoms with Crippen molar-refractivity contribution in [2.45, 2.75) is 0 Å². The number of rotatable bonds is 4. The summed E-state index contributed by atoms with van der Waals surface area (Å²) >= 11 is 0. The third-order valence-corrected chi connectivity index (χ3v) is 12.2. The molecule has 13 rings (SSSR count). The van der Waals surface area contributed by atoms with Crippen LogP contribution < -0.4 is 4.74 Å². The number of benzene rings is 9. The van der Waals surface area contributed by atoms with Crippen LogP contribution in [0, 0.1) is 0 Å². The van der Waals surface area contributed by atoms with E-state index < -0.39 is 0 Å². The smallest absolute Gasteiger partial charge is 0.152 e. The molecule has 4 heteroatoms. The molecule has 1 aliphatic rings. The molecule has 9 aromatic carbocycles. The Labute approximate surface area is 333 Å². The van der Waals surface area contributed by atoms with Gasteiger partial charge in [0.1, 0.15) is 0 Å². The summed E-state index contributed by atoms with van der Waals surface area (Å²) in [7, 11) is 0. The summed E-state index contributed by atoms with van der Waals surface area (Å²) in [5.41, 5.74) is 15.2. The highest BCUT2D eigenvalue weighted by Gasteiger charge is 2.25. The fraction of sp³-hybridized carbons (Fsp3) is 0. The van der Waals surface area contributed by atoms with Gasteiger partial charge in [-0.05, 0) is 101 Å². The van der Waals surface area contributed by atoms with Gasteiger partial charge in [-0.3, -0.25) is 0 Å². The first-order chi connectivity index (χ1) is 28.8. The van der Waals surface area contributed by atoms with Crippen LogP contribution in [0.15, 0.2) is 200 Å². The maximum absolute atomic E-state index is 6.43. The lowest BCUT2D eigenvalue weighted by atomic mass is 9.99.